The molecule has 1 atom stereocenters. The molecule has 0 spiro atoms. The molecule has 0 aliphatic carbocycles. The van der Waals surface area contributed by atoms with Crippen molar-refractivity contribution >= 4 is 17.1 Å². The lowest BCUT2D eigenvalue weighted by molar-refractivity contribution is 0.140. The third-order valence-electron chi connectivity index (χ3n) is 3.09. The van der Waals surface area contributed by atoms with Crippen molar-refractivity contribution in [3.63, 3.8) is 0 Å². The second-order valence-electron chi connectivity index (χ2n) is 4.49. The number of hydrogen-bond acceptors (Lipinski definition) is 7. The van der Waals surface area contributed by atoms with E-state index in [4.69, 9.17) is 15.2 Å². The Bertz CT molecular complexity index is 571. The first kappa shape index (κ1) is 14.5. The van der Waals surface area contributed by atoms with Crippen LogP contribution >= 0.6 is 0 Å². The van der Waals surface area contributed by atoms with E-state index < -0.39 is 0 Å². The monoisotopic (exact) mass is 281 g/mol. The molecule has 0 radical (unpaired) electrons. The highest BCUT2D eigenvalue weighted by atomic mass is 16.5. The third kappa shape index (κ3) is 2.97. The number of hydrogen-bond donors (Lipinski definition) is 2. The third-order valence-corrected chi connectivity index (χ3v) is 3.09. The zero-order chi connectivity index (χ0) is 14.5. The Morgan fingerprint density at radius 1 is 1.40 bits per heavy atom. The number of imidazole rings is 1. The summed E-state index contributed by atoms with van der Waals surface area (Å²) >= 11 is 0. The van der Waals surface area contributed by atoms with Crippen molar-refractivity contribution in [2.75, 3.05) is 33.2 Å². The van der Waals surface area contributed by atoms with Crippen molar-refractivity contribution in [2.45, 2.75) is 13.0 Å². The van der Waals surface area contributed by atoms with Gasteiger partial charge in [-0.25, -0.2) is 4.98 Å². The molecule has 0 saturated carbocycles. The molecular weight excluding hydrogens is 262 g/mol. The van der Waals surface area contributed by atoms with Gasteiger partial charge in [0, 0.05) is 32.8 Å². The SMILES string of the molecule is COCC[C@@H](CO)Cn1cnc2c(OC)nc(N)nc21. The minimum absolute atomic E-state index is 0.0644. The van der Waals surface area contributed by atoms with Gasteiger partial charge in [-0.05, 0) is 6.42 Å². The number of nitrogens with zero attached hydrogens (tertiary/aromatic N) is 4. The van der Waals surface area contributed by atoms with Gasteiger partial charge in [0.1, 0.15) is 0 Å². The molecule has 0 aromatic carbocycles. The van der Waals surface area contributed by atoms with Gasteiger partial charge in [0.05, 0.1) is 13.4 Å². The number of rotatable bonds is 7. The summed E-state index contributed by atoms with van der Waals surface area (Å²) in [5, 5.41) is 9.41. The molecule has 110 valence electrons. The smallest absolute Gasteiger partial charge is 0.246 e. The van der Waals surface area contributed by atoms with Crippen LogP contribution in [0.5, 0.6) is 5.88 Å². The number of nitrogen functional groups attached to an aromatic ring is 1. The van der Waals surface area contributed by atoms with Crippen molar-refractivity contribution in [1.82, 2.24) is 19.5 Å². The Labute approximate surface area is 116 Å². The molecule has 0 fully saturated rings. The molecule has 2 aromatic rings. The van der Waals surface area contributed by atoms with E-state index in [1.807, 2.05) is 4.57 Å². The maximum absolute atomic E-state index is 9.41. The van der Waals surface area contributed by atoms with Gasteiger partial charge in [-0.1, -0.05) is 0 Å². The van der Waals surface area contributed by atoms with Gasteiger partial charge in [0.2, 0.25) is 11.8 Å². The predicted molar refractivity (Wildman–Crippen MR) is 73.4 cm³/mol. The molecule has 20 heavy (non-hydrogen) atoms. The van der Waals surface area contributed by atoms with E-state index in [9.17, 15) is 5.11 Å². The van der Waals surface area contributed by atoms with Crippen LogP contribution in [0.3, 0.4) is 0 Å². The maximum atomic E-state index is 9.41. The fraction of sp³-hybridized carbons (Fsp3) is 0.583. The van der Waals surface area contributed by atoms with Crippen LogP contribution in [0.1, 0.15) is 6.42 Å². The molecule has 2 aromatic heterocycles. The number of aliphatic hydroxyl groups excluding tert-OH is 1. The summed E-state index contributed by atoms with van der Waals surface area (Å²) in [6.45, 7) is 1.25. The van der Waals surface area contributed by atoms with Gasteiger partial charge in [0.15, 0.2) is 11.2 Å². The van der Waals surface area contributed by atoms with Crippen LogP contribution in [0.25, 0.3) is 11.2 Å². The molecule has 0 saturated heterocycles. The highest BCUT2D eigenvalue weighted by Gasteiger charge is 2.15. The number of fused-ring (bicyclic) bond motifs is 1. The second-order valence-corrected chi connectivity index (χ2v) is 4.49. The van der Waals surface area contributed by atoms with E-state index in [0.29, 0.717) is 30.2 Å². The quantitative estimate of drug-likeness (QED) is 0.738. The zero-order valence-corrected chi connectivity index (χ0v) is 11.6. The summed E-state index contributed by atoms with van der Waals surface area (Å²) in [5.41, 5.74) is 6.82. The number of nitrogens with two attached hydrogens (primary N) is 1. The second kappa shape index (κ2) is 6.49. The largest absolute Gasteiger partial charge is 0.479 e. The molecule has 8 nitrogen and oxygen atoms in total. The van der Waals surface area contributed by atoms with Gasteiger partial charge in [-0.15, -0.1) is 0 Å². The molecule has 0 amide bonds. The number of anilines is 1. The van der Waals surface area contributed by atoms with Gasteiger partial charge < -0.3 is 24.9 Å². The Morgan fingerprint density at radius 3 is 2.85 bits per heavy atom. The molecule has 0 aliphatic heterocycles. The average Bonchev–Trinajstić information content (AvgIpc) is 2.85. The normalized spacial score (nSPS) is 12.8. The summed E-state index contributed by atoms with van der Waals surface area (Å²) in [6.07, 6.45) is 2.40. The van der Waals surface area contributed by atoms with Crippen LogP contribution in [0.15, 0.2) is 6.33 Å². The van der Waals surface area contributed by atoms with Crippen LogP contribution in [0, 0.1) is 5.92 Å². The van der Waals surface area contributed by atoms with Gasteiger partial charge in [0.25, 0.3) is 0 Å². The van der Waals surface area contributed by atoms with E-state index >= 15 is 0 Å². The first-order valence-corrected chi connectivity index (χ1v) is 6.31. The summed E-state index contributed by atoms with van der Waals surface area (Å²) in [5.74, 6) is 0.548. The topological polar surface area (TPSA) is 108 Å². The van der Waals surface area contributed by atoms with E-state index in [0.717, 1.165) is 6.42 Å². The first-order valence-electron chi connectivity index (χ1n) is 6.31. The number of methoxy groups -OCH3 is 2. The van der Waals surface area contributed by atoms with Gasteiger partial charge in [-0.2, -0.15) is 9.97 Å². The standard InChI is InChI=1S/C12H19N5O3/c1-19-4-3-8(6-18)5-17-7-14-9-10(17)15-12(13)16-11(9)20-2/h7-8,18H,3-6H2,1-2H3,(H2,13,15,16)/t8-/m1/s1. The van der Waals surface area contributed by atoms with Crippen molar-refractivity contribution in [2.24, 2.45) is 5.92 Å². The number of aromatic nitrogens is 4. The predicted octanol–water partition coefficient (Wildman–Crippen LogP) is 0.0621. The Kier molecular flexibility index (Phi) is 4.70. The molecule has 0 aliphatic rings. The fourth-order valence-corrected chi connectivity index (χ4v) is 2.01. The van der Waals surface area contributed by atoms with E-state index in [-0.39, 0.29) is 18.5 Å². The van der Waals surface area contributed by atoms with Crippen LogP contribution in [0.2, 0.25) is 0 Å². The summed E-state index contributed by atoms with van der Waals surface area (Å²) < 4.78 is 12.0. The van der Waals surface area contributed by atoms with Crippen molar-refractivity contribution in [1.29, 1.82) is 0 Å². The molecule has 2 rings (SSSR count). The van der Waals surface area contributed by atoms with Crippen LogP contribution in [-0.2, 0) is 11.3 Å². The minimum atomic E-state index is 0.0644. The molecule has 0 bridgehead atoms. The van der Waals surface area contributed by atoms with Crippen LogP contribution in [0.4, 0.5) is 5.95 Å². The highest BCUT2D eigenvalue weighted by molar-refractivity contribution is 5.77. The van der Waals surface area contributed by atoms with Crippen molar-refractivity contribution in [3.05, 3.63) is 6.33 Å². The Hall–Kier alpha value is -1.93. The first-order chi connectivity index (χ1) is 9.69. The highest BCUT2D eigenvalue weighted by Crippen LogP contribution is 2.22. The Balaban J connectivity index is 2.28. The molecule has 0 unspecified atom stereocenters. The van der Waals surface area contributed by atoms with E-state index in [1.165, 1.54) is 7.11 Å². The lowest BCUT2D eigenvalue weighted by Gasteiger charge is -2.14. The van der Waals surface area contributed by atoms with Gasteiger partial charge >= 0.3 is 0 Å². The van der Waals surface area contributed by atoms with Crippen molar-refractivity contribution < 1.29 is 14.6 Å². The van der Waals surface area contributed by atoms with Crippen molar-refractivity contribution in [3.8, 4) is 5.88 Å². The summed E-state index contributed by atoms with van der Waals surface area (Å²) in [7, 11) is 3.15. The zero-order valence-electron chi connectivity index (χ0n) is 11.6. The Morgan fingerprint density at radius 2 is 2.20 bits per heavy atom. The molecule has 2 heterocycles. The summed E-state index contributed by atoms with van der Waals surface area (Å²) in [6, 6.07) is 0. The number of ether oxygens (including phenoxy) is 2. The molecule has 8 heteroatoms. The molecule has 3 N–H and O–H groups in total. The van der Waals surface area contributed by atoms with E-state index in [2.05, 4.69) is 15.0 Å². The van der Waals surface area contributed by atoms with E-state index in [1.54, 1.807) is 13.4 Å². The number of aliphatic hydroxyl groups is 1. The average molecular weight is 281 g/mol. The summed E-state index contributed by atoms with van der Waals surface area (Å²) in [4.78, 5) is 12.4. The van der Waals surface area contributed by atoms with Crippen LogP contribution in [-0.4, -0.2) is 52.1 Å². The lowest BCUT2D eigenvalue weighted by Crippen LogP contribution is -2.16. The molecular formula is C12H19N5O3. The minimum Gasteiger partial charge on any atom is -0.479 e. The van der Waals surface area contributed by atoms with Gasteiger partial charge in [-0.3, -0.25) is 0 Å². The van der Waals surface area contributed by atoms with Crippen LogP contribution < -0.4 is 10.5 Å². The fourth-order valence-electron chi connectivity index (χ4n) is 2.01. The maximum Gasteiger partial charge on any atom is 0.246 e. The lowest BCUT2D eigenvalue weighted by atomic mass is 10.1.